The molecule has 0 spiro atoms. The maximum Gasteiger partial charge on any atom is 0.110 e. The Kier molecular flexibility index (Phi) is 3.59. The molecule has 4 nitrogen and oxygen atoms in total. The highest BCUT2D eigenvalue weighted by atomic mass is 14.9. The van der Waals surface area contributed by atoms with Crippen LogP contribution in [0, 0.1) is 12.8 Å². The summed E-state index contributed by atoms with van der Waals surface area (Å²) >= 11 is 0. The number of aromatic nitrogens is 4. The van der Waals surface area contributed by atoms with Crippen molar-refractivity contribution in [2.45, 2.75) is 45.4 Å². The summed E-state index contributed by atoms with van der Waals surface area (Å²) in [6, 6.07) is 12.9. The van der Waals surface area contributed by atoms with E-state index in [1.807, 2.05) is 6.92 Å². The van der Waals surface area contributed by atoms with E-state index in [0.29, 0.717) is 5.92 Å². The molecular weight excluding hydrogens is 320 g/mol. The molecule has 2 aromatic heterocycles. The maximum atomic E-state index is 4.88. The number of benzene rings is 2. The normalized spacial score (nSPS) is 20.8. The van der Waals surface area contributed by atoms with Crippen molar-refractivity contribution in [1.29, 1.82) is 0 Å². The zero-order chi connectivity index (χ0) is 17.7. The van der Waals surface area contributed by atoms with Crippen LogP contribution >= 0.6 is 0 Å². The molecule has 0 bridgehead atoms. The lowest BCUT2D eigenvalue weighted by atomic mass is 9.83. The van der Waals surface area contributed by atoms with E-state index in [0.717, 1.165) is 33.8 Å². The molecule has 1 aliphatic rings. The second kappa shape index (κ2) is 5.97. The Balaban J connectivity index is 1.50. The number of hydrogen-bond donors (Lipinski definition) is 2. The van der Waals surface area contributed by atoms with E-state index in [4.69, 9.17) is 4.98 Å². The molecule has 4 heteroatoms. The van der Waals surface area contributed by atoms with Gasteiger partial charge in [0.05, 0.1) is 22.1 Å². The fourth-order valence-corrected chi connectivity index (χ4v) is 4.25. The van der Waals surface area contributed by atoms with Gasteiger partial charge in [0.15, 0.2) is 0 Å². The Morgan fingerprint density at radius 1 is 0.808 bits per heavy atom. The minimum atomic E-state index is 0.589. The van der Waals surface area contributed by atoms with Crippen molar-refractivity contribution in [2.75, 3.05) is 0 Å². The topological polar surface area (TPSA) is 57.4 Å². The highest BCUT2D eigenvalue weighted by Gasteiger charge is 2.22. The van der Waals surface area contributed by atoms with Crippen LogP contribution in [0.4, 0.5) is 0 Å². The number of nitrogens with one attached hydrogen (secondary N) is 2. The molecule has 2 heterocycles. The quantitative estimate of drug-likeness (QED) is 0.489. The van der Waals surface area contributed by atoms with Crippen molar-refractivity contribution in [2.24, 2.45) is 5.92 Å². The van der Waals surface area contributed by atoms with Gasteiger partial charge in [0, 0.05) is 5.92 Å². The van der Waals surface area contributed by atoms with Crippen LogP contribution in [0.25, 0.3) is 33.2 Å². The Bertz CT molecular complexity index is 1080. The van der Waals surface area contributed by atoms with Crippen molar-refractivity contribution in [3.8, 4) is 11.1 Å². The monoisotopic (exact) mass is 344 g/mol. The van der Waals surface area contributed by atoms with E-state index in [1.165, 1.54) is 42.6 Å². The van der Waals surface area contributed by atoms with Crippen molar-refractivity contribution < 1.29 is 0 Å². The molecule has 1 saturated carbocycles. The summed E-state index contributed by atoms with van der Waals surface area (Å²) in [4.78, 5) is 16.3. The molecular formula is C22H24N4. The Hall–Kier alpha value is -2.62. The van der Waals surface area contributed by atoms with Gasteiger partial charge in [-0.2, -0.15) is 0 Å². The number of nitrogens with zero attached hydrogens (tertiary/aromatic N) is 2. The van der Waals surface area contributed by atoms with Crippen LogP contribution in [0.2, 0.25) is 0 Å². The maximum absolute atomic E-state index is 4.88. The zero-order valence-electron chi connectivity index (χ0n) is 15.3. The molecule has 4 aromatic rings. The second-order valence-corrected chi connectivity index (χ2v) is 7.86. The third-order valence-electron chi connectivity index (χ3n) is 5.84. The van der Waals surface area contributed by atoms with Gasteiger partial charge in [0.1, 0.15) is 11.6 Å². The average Bonchev–Trinajstić information content (AvgIpc) is 3.23. The Labute approximate surface area is 153 Å². The van der Waals surface area contributed by atoms with Crippen LogP contribution in [-0.2, 0) is 0 Å². The molecule has 0 aliphatic heterocycles. The third kappa shape index (κ3) is 2.70. The van der Waals surface area contributed by atoms with Gasteiger partial charge in [-0.15, -0.1) is 0 Å². The molecule has 2 N–H and O–H groups in total. The summed E-state index contributed by atoms with van der Waals surface area (Å²) in [6.07, 6.45) is 5.14. The standard InChI is InChI=1S/C22H24N4/c1-13-3-5-15(6-4-13)22-25-19-10-8-17(12-21(19)26-22)16-7-9-18-20(11-16)24-14(2)23-18/h7-13,15H,3-6H2,1-2H3,(H,23,24)(H,25,26). The first-order valence-electron chi connectivity index (χ1n) is 9.62. The SMILES string of the molecule is Cc1nc2ccc(-c3ccc4nc(C5CCC(C)CC5)[nH]c4c3)cc2[nH]1. The first kappa shape index (κ1) is 15.6. The number of H-pyrrole nitrogens is 2. The lowest BCUT2D eigenvalue weighted by Crippen LogP contribution is -2.11. The first-order chi connectivity index (χ1) is 12.7. The predicted octanol–water partition coefficient (Wildman–Crippen LogP) is 5.71. The van der Waals surface area contributed by atoms with E-state index in [1.54, 1.807) is 0 Å². The van der Waals surface area contributed by atoms with E-state index in [-0.39, 0.29) is 0 Å². The van der Waals surface area contributed by atoms with Crippen molar-refractivity contribution in [3.63, 3.8) is 0 Å². The molecule has 0 unspecified atom stereocenters. The van der Waals surface area contributed by atoms with Crippen LogP contribution in [0.5, 0.6) is 0 Å². The molecule has 1 aliphatic carbocycles. The summed E-state index contributed by atoms with van der Waals surface area (Å²) in [5.74, 6) is 3.57. The number of aryl methyl sites for hydroxylation is 1. The largest absolute Gasteiger partial charge is 0.342 e. The minimum absolute atomic E-state index is 0.589. The first-order valence-corrected chi connectivity index (χ1v) is 9.62. The van der Waals surface area contributed by atoms with E-state index >= 15 is 0 Å². The van der Waals surface area contributed by atoms with Crippen LogP contribution < -0.4 is 0 Å². The van der Waals surface area contributed by atoms with Crippen molar-refractivity contribution >= 4 is 22.1 Å². The zero-order valence-corrected chi connectivity index (χ0v) is 15.3. The molecule has 26 heavy (non-hydrogen) atoms. The smallest absolute Gasteiger partial charge is 0.110 e. The third-order valence-corrected chi connectivity index (χ3v) is 5.84. The van der Waals surface area contributed by atoms with Gasteiger partial charge in [-0.05, 0) is 61.1 Å². The summed E-state index contributed by atoms with van der Waals surface area (Å²) < 4.78 is 0. The summed E-state index contributed by atoms with van der Waals surface area (Å²) in [6.45, 7) is 4.35. The average molecular weight is 344 g/mol. The van der Waals surface area contributed by atoms with Gasteiger partial charge >= 0.3 is 0 Å². The molecule has 0 atom stereocenters. The molecule has 0 saturated heterocycles. The number of imidazole rings is 2. The molecule has 1 fully saturated rings. The Morgan fingerprint density at radius 3 is 2.12 bits per heavy atom. The number of fused-ring (bicyclic) bond motifs is 2. The summed E-state index contributed by atoms with van der Waals surface area (Å²) in [5, 5.41) is 0. The van der Waals surface area contributed by atoms with Gasteiger partial charge in [-0.3, -0.25) is 0 Å². The fourth-order valence-electron chi connectivity index (χ4n) is 4.25. The predicted molar refractivity (Wildman–Crippen MR) is 106 cm³/mol. The van der Waals surface area contributed by atoms with Gasteiger partial charge in [-0.1, -0.05) is 31.9 Å². The van der Waals surface area contributed by atoms with Crippen molar-refractivity contribution in [1.82, 2.24) is 19.9 Å². The fraction of sp³-hybridized carbons (Fsp3) is 0.364. The molecule has 0 amide bonds. The lowest BCUT2D eigenvalue weighted by molar-refractivity contribution is 0.341. The highest BCUT2D eigenvalue weighted by molar-refractivity contribution is 5.86. The number of aromatic amines is 2. The van der Waals surface area contributed by atoms with Crippen LogP contribution in [0.15, 0.2) is 36.4 Å². The van der Waals surface area contributed by atoms with Gasteiger partial charge in [-0.25, -0.2) is 9.97 Å². The second-order valence-electron chi connectivity index (χ2n) is 7.86. The van der Waals surface area contributed by atoms with E-state index < -0.39 is 0 Å². The highest BCUT2D eigenvalue weighted by Crippen LogP contribution is 2.35. The van der Waals surface area contributed by atoms with Gasteiger partial charge in [0.25, 0.3) is 0 Å². The molecule has 5 rings (SSSR count). The summed E-state index contributed by atoms with van der Waals surface area (Å²) in [7, 11) is 0. The van der Waals surface area contributed by atoms with Crippen molar-refractivity contribution in [3.05, 3.63) is 48.0 Å². The number of hydrogen-bond acceptors (Lipinski definition) is 2. The summed E-state index contributed by atoms with van der Waals surface area (Å²) in [5.41, 5.74) is 6.71. The van der Waals surface area contributed by atoms with Gasteiger partial charge in [0.2, 0.25) is 0 Å². The molecule has 132 valence electrons. The van der Waals surface area contributed by atoms with Crippen LogP contribution in [0.1, 0.15) is 50.2 Å². The van der Waals surface area contributed by atoms with Gasteiger partial charge < -0.3 is 9.97 Å². The lowest BCUT2D eigenvalue weighted by Gasteiger charge is -2.24. The van der Waals surface area contributed by atoms with Crippen LogP contribution in [-0.4, -0.2) is 19.9 Å². The minimum Gasteiger partial charge on any atom is -0.342 e. The molecule has 0 radical (unpaired) electrons. The van der Waals surface area contributed by atoms with E-state index in [9.17, 15) is 0 Å². The Morgan fingerprint density at radius 2 is 1.42 bits per heavy atom. The number of rotatable bonds is 2. The molecule has 2 aromatic carbocycles. The van der Waals surface area contributed by atoms with Crippen LogP contribution in [0.3, 0.4) is 0 Å². The van der Waals surface area contributed by atoms with E-state index in [2.05, 4.69) is 58.3 Å².